The van der Waals surface area contributed by atoms with E-state index in [0.717, 1.165) is 5.69 Å². The number of carboxylic acids is 1. The van der Waals surface area contributed by atoms with Gasteiger partial charge in [0, 0.05) is 12.7 Å². The van der Waals surface area contributed by atoms with E-state index in [2.05, 4.69) is 0 Å². The van der Waals surface area contributed by atoms with Gasteiger partial charge in [-0.1, -0.05) is 18.2 Å². The summed E-state index contributed by atoms with van der Waals surface area (Å²) in [5, 5.41) is 17.7. The van der Waals surface area contributed by atoms with Gasteiger partial charge in [0.2, 0.25) is 0 Å². The van der Waals surface area contributed by atoms with Crippen molar-refractivity contribution in [3.63, 3.8) is 0 Å². The van der Waals surface area contributed by atoms with Crippen LogP contribution in [0.3, 0.4) is 0 Å². The van der Waals surface area contributed by atoms with Crippen LogP contribution in [0.1, 0.15) is 0 Å². The molecule has 0 fully saturated rings. The molecule has 1 rings (SSSR count). The van der Waals surface area contributed by atoms with Crippen LogP contribution in [0.15, 0.2) is 30.3 Å². The predicted molar refractivity (Wildman–Crippen MR) is 53.4 cm³/mol. The lowest BCUT2D eigenvalue weighted by Gasteiger charge is -2.24. The van der Waals surface area contributed by atoms with Crippen molar-refractivity contribution in [1.29, 1.82) is 0 Å². The molecule has 76 valence electrons. The molecule has 0 radical (unpaired) electrons. The average Bonchev–Trinajstić information content (AvgIpc) is 2.19. The van der Waals surface area contributed by atoms with Crippen molar-refractivity contribution < 1.29 is 15.0 Å². The van der Waals surface area contributed by atoms with Gasteiger partial charge in [-0.05, 0) is 12.1 Å². The summed E-state index contributed by atoms with van der Waals surface area (Å²) in [5.41, 5.74) is 0.772. The number of carboxylic acid groups (broad SMARTS) is 1. The van der Waals surface area contributed by atoms with Gasteiger partial charge in [0.25, 0.3) is 0 Å². The van der Waals surface area contributed by atoms with E-state index in [1.54, 1.807) is 19.2 Å². The Bertz CT molecular complexity index is 299. The molecule has 2 N–H and O–H groups in total. The predicted octanol–water partition coefficient (Wildman–Crippen LogP) is 0.568. The number of nitrogens with zero attached hydrogens (tertiary/aromatic N) is 1. The Hall–Kier alpha value is -1.55. The molecule has 0 aliphatic rings. The molecule has 0 saturated heterocycles. The fourth-order valence-electron chi connectivity index (χ4n) is 1.21. The molecular weight excluding hydrogens is 182 g/mol. The molecule has 0 bridgehead atoms. The highest BCUT2D eigenvalue weighted by Gasteiger charge is 2.21. The van der Waals surface area contributed by atoms with Gasteiger partial charge in [-0.3, -0.25) is 0 Å². The number of aliphatic carboxylic acids is 1. The molecule has 0 saturated carbocycles. The number of benzene rings is 1. The third kappa shape index (κ3) is 2.23. The van der Waals surface area contributed by atoms with Gasteiger partial charge < -0.3 is 15.1 Å². The summed E-state index contributed by atoms with van der Waals surface area (Å²) in [6.45, 7) is -0.402. The van der Waals surface area contributed by atoms with Gasteiger partial charge in [-0.25, -0.2) is 4.79 Å². The molecule has 1 atom stereocenters. The highest BCUT2D eigenvalue weighted by molar-refractivity contribution is 5.78. The largest absolute Gasteiger partial charge is 0.480 e. The Kier molecular flexibility index (Phi) is 3.48. The maximum Gasteiger partial charge on any atom is 0.328 e. The van der Waals surface area contributed by atoms with Gasteiger partial charge in [-0.2, -0.15) is 0 Å². The number of aliphatic hydroxyl groups is 1. The van der Waals surface area contributed by atoms with Crippen molar-refractivity contribution in [3.05, 3.63) is 30.3 Å². The Morgan fingerprint density at radius 2 is 2.00 bits per heavy atom. The van der Waals surface area contributed by atoms with E-state index in [1.165, 1.54) is 4.90 Å². The molecule has 1 aromatic carbocycles. The molecule has 0 aliphatic carbocycles. The summed E-state index contributed by atoms with van der Waals surface area (Å²) >= 11 is 0. The molecule has 4 heteroatoms. The number of carbonyl (C=O) groups is 1. The maximum absolute atomic E-state index is 10.7. The van der Waals surface area contributed by atoms with Crippen LogP contribution in [0.25, 0.3) is 0 Å². The van der Waals surface area contributed by atoms with Crippen molar-refractivity contribution in [3.8, 4) is 0 Å². The lowest BCUT2D eigenvalue weighted by molar-refractivity contribution is -0.139. The van der Waals surface area contributed by atoms with Crippen LogP contribution in [0, 0.1) is 0 Å². The summed E-state index contributed by atoms with van der Waals surface area (Å²) in [6.07, 6.45) is 0. The third-order valence-corrected chi connectivity index (χ3v) is 2.09. The van der Waals surface area contributed by atoms with E-state index in [-0.39, 0.29) is 0 Å². The molecule has 4 nitrogen and oxygen atoms in total. The molecular formula is C10H13NO3. The van der Waals surface area contributed by atoms with E-state index < -0.39 is 18.6 Å². The minimum atomic E-state index is -1.03. The first-order chi connectivity index (χ1) is 6.66. The zero-order valence-corrected chi connectivity index (χ0v) is 7.92. The Morgan fingerprint density at radius 3 is 2.43 bits per heavy atom. The smallest absolute Gasteiger partial charge is 0.328 e. The van der Waals surface area contributed by atoms with E-state index >= 15 is 0 Å². The Balaban J connectivity index is 2.83. The highest BCUT2D eigenvalue weighted by Crippen LogP contribution is 2.13. The Labute approximate surface area is 82.4 Å². The van der Waals surface area contributed by atoms with E-state index in [9.17, 15) is 4.79 Å². The number of rotatable bonds is 4. The van der Waals surface area contributed by atoms with Gasteiger partial charge in [-0.15, -0.1) is 0 Å². The lowest BCUT2D eigenvalue weighted by Crippen LogP contribution is -2.41. The van der Waals surface area contributed by atoms with Crippen molar-refractivity contribution in [2.45, 2.75) is 6.04 Å². The van der Waals surface area contributed by atoms with Crippen LogP contribution < -0.4 is 4.90 Å². The molecule has 0 aliphatic heterocycles. The highest BCUT2D eigenvalue weighted by atomic mass is 16.4. The number of aliphatic hydroxyl groups excluding tert-OH is 1. The second kappa shape index (κ2) is 4.62. The van der Waals surface area contributed by atoms with Crippen LogP contribution in [0.5, 0.6) is 0 Å². The molecule has 0 amide bonds. The van der Waals surface area contributed by atoms with Crippen LogP contribution >= 0.6 is 0 Å². The van der Waals surface area contributed by atoms with Crippen molar-refractivity contribution in [1.82, 2.24) is 0 Å². The molecule has 1 unspecified atom stereocenters. The van der Waals surface area contributed by atoms with E-state index in [1.807, 2.05) is 18.2 Å². The molecule has 0 heterocycles. The Morgan fingerprint density at radius 1 is 1.43 bits per heavy atom. The number of hydrogen-bond donors (Lipinski definition) is 2. The first-order valence-electron chi connectivity index (χ1n) is 4.28. The third-order valence-electron chi connectivity index (χ3n) is 2.09. The van der Waals surface area contributed by atoms with Crippen molar-refractivity contribution in [2.75, 3.05) is 18.6 Å². The van der Waals surface area contributed by atoms with Gasteiger partial charge in [0.1, 0.15) is 6.04 Å². The summed E-state index contributed by atoms with van der Waals surface area (Å²) in [4.78, 5) is 12.3. The quantitative estimate of drug-likeness (QED) is 0.737. The first-order valence-corrected chi connectivity index (χ1v) is 4.28. The summed E-state index contributed by atoms with van der Waals surface area (Å²) < 4.78 is 0. The topological polar surface area (TPSA) is 60.8 Å². The molecule has 0 spiro atoms. The molecule has 14 heavy (non-hydrogen) atoms. The maximum atomic E-state index is 10.7. The summed E-state index contributed by atoms with van der Waals surface area (Å²) in [7, 11) is 1.64. The zero-order valence-electron chi connectivity index (χ0n) is 7.92. The van der Waals surface area contributed by atoms with Gasteiger partial charge >= 0.3 is 5.97 Å². The molecule has 1 aromatic rings. The van der Waals surface area contributed by atoms with Gasteiger partial charge in [0.05, 0.1) is 6.61 Å². The number of para-hydroxylation sites is 1. The average molecular weight is 195 g/mol. The standard InChI is InChI=1S/C10H13NO3/c1-11(9(7-12)10(13)14)8-5-3-2-4-6-8/h2-6,9,12H,7H2,1H3,(H,13,14). The summed E-state index contributed by atoms with van der Waals surface area (Å²) in [6, 6.07) is 8.20. The fraction of sp³-hybridized carbons (Fsp3) is 0.300. The van der Waals surface area contributed by atoms with Crippen LogP contribution in [0.4, 0.5) is 5.69 Å². The first kappa shape index (κ1) is 10.5. The monoisotopic (exact) mass is 195 g/mol. The minimum Gasteiger partial charge on any atom is -0.480 e. The van der Waals surface area contributed by atoms with Crippen LogP contribution in [0.2, 0.25) is 0 Å². The fourth-order valence-corrected chi connectivity index (χ4v) is 1.21. The second-order valence-electron chi connectivity index (χ2n) is 2.98. The SMILES string of the molecule is CN(c1ccccc1)C(CO)C(=O)O. The van der Waals surface area contributed by atoms with Crippen molar-refractivity contribution >= 4 is 11.7 Å². The number of anilines is 1. The summed E-state index contributed by atoms with van der Waals surface area (Å²) in [5.74, 6) is -1.03. The lowest BCUT2D eigenvalue weighted by atomic mass is 10.2. The zero-order chi connectivity index (χ0) is 10.6. The number of hydrogen-bond acceptors (Lipinski definition) is 3. The van der Waals surface area contributed by atoms with Gasteiger partial charge in [0.15, 0.2) is 0 Å². The normalized spacial score (nSPS) is 12.1. The van der Waals surface area contributed by atoms with Crippen molar-refractivity contribution in [2.24, 2.45) is 0 Å². The van der Waals surface area contributed by atoms with E-state index in [0.29, 0.717) is 0 Å². The number of likely N-dealkylation sites (N-methyl/N-ethyl adjacent to an activating group) is 1. The van der Waals surface area contributed by atoms with E-state index in [4.69, 9.17) is 10.2 Å². The second-order valence-corrected chi connectivity index (χ2v) is 2.98. The van der Waals surface area contributed by atoms with Crippen LogP contribution in [-0.4, -0.2) is 35.9 Å². The van der Waals surface area contributed by atoms with Crippen LogP contribution in [-0.2, 0) is 4.79 Å². The minimum absolute atomic E-state index is 0.402. The molecule has 0 aromatic heterocycles.